The van der Waals surface area contributed by atoms with E-state index in [1.165, 1.54) is 5.56 Å². The number of benzene rings is 1. The van der Waals surface area contributed by atoms with E-state index in [1.54, 1.807) is 11.8 Å². The van der Waals surface area contributed by atoms with Gasteiger partial charge in [-0.05, 0) is 43.7 Å². The normalized spacial score (nSPS) is 13.9. The van der Waals surface area contributed by atoms with Gasteiger partial charge in [0.25, 0.3) is 5.91 Å². The molecule has 0 heterocycles. The first-order valence-corrected chi connectivity index (χ1v) is 7.95. The van der Waals surface area contributed by atoms with Gasteiger partial charge in [0.1, 0.15) is 0 Å². The minimum atomic E-state index is -0.343. The number of amides is 1. The Balaban J connectivity index is 2.71. The molecule has 0 aliphatic rings. The smallest absolute Gasteiger partial charge is 0.251 e. The standard InChI is InChI=1S/C15H23NO2S/c1-4-15(2,9-10-17)16-14(18)13-7-5-12(6-8-13)11-19-3/h5-8,17H,4,9-11H2,1-3H3,(H,16,18). The third-order valence-electron chi connectivity index (χ3n) is 3.39. The van der Waals surface area contributed by atoms with Gasteiger partial charge in [0.15, 0.2) is 0 Å². The maximum absolute atomic E-state index is 12.2. The molecular formula is C15H23NO2S. The Labute approximate surface area is 119 Å². The highest BCUT2D eigenvalue weighted by molar-refractivity contribution is 7.97. The van der Waals surface area contributed by atoms with E-state index in [2.05, 4.69) is 11.6 Å². The Morgan fingerprint density at radius 3 is 2.47 bits per heavy atom. The molecule has 19 heavy (non-hydrogen) atoms. The van der Waals surface area contributed by atoms with E-state index in [1.807, 2.05) is 38.1 Å². The van der Waals surface area contributed by atoms with Crippen molar-refractivity contribution in [2.75, 3.05) is 12.9 Å². The van der Waals surface area contributed by atoms with E-state index in [0.717, 1.165) is 12.2 Å². The predicted octanol–water partition coefficient (Wildman–Crippen LogP) is 2.83. The summed E-state index contributed by atoms with van der Waals surface area (Å²) in [6, 6.07) is 7.69. The van der Waals surface area contributed by atoms with Crippen LogP contribution in [0.5, 0.6) is 0 Å². The zero-order chi connectivity index (χ0) is 14.3. The van der Waals surface area contributed by atoms with Crippen LogP contribution in [0.4, 0.5) is 0 Å². The second-order valence-electron chi connectivity index (χ2n) is 4.97. The summed E-state index contributed by atoms with van der Waals surface area (Å²) in [5.74, 6) is 0.882. The lowest BCUT2D eigenvalue weighted by Crippen LogP contribution is -2.46. The Bertz CT molecular complexity index is 405. The lowest BCUT2D eigenvalue weighted by molar-refractivity contribution is 0.0886. The Kier molecular flexibility index (Phi) is 6.38. The summed E-state index contributed by atoms with van der Waals surface area (Å²) < 4.78 is 0. The number of aliphatic hydroxyl groups is 1. The molecule has 1 amide bonds. The molecule has 106 valence electrons. The zero-order valence-electron chi connectivity index (χ0n) is 11.9. The third kappa shape index (κ3) is 4.88. The molecule has 1 aromatic rings. The highest BCUT2D eigenvalue weighted by Gasteiger charge is 2.24. The van der Waals surface area contributed by atoms with E-state index in [0.29, 0.717) is 12.0 Å². The van der Waals surface area contributed by atoms with Gasteiger partial charge >= 0.3 is 0 Å². The summed E-state index contributed by atoms with van der Waals surface area (Å²) in [6.45, 7) is 4.05. The second kappa shape index (κ2) is 7.56. The molecule has 1 unspecified atom stereocenters. The maximum atomic E-state index is 12.2. The summed E-state index contributed by atoms with van der Waals surface area (Å²) in [4.78, 5) is 12.2. The third-order valence-corrected chi connectivity index (χ3v) is 4.01. The van der Waals surface area contributed by atoms with Crippen molar-refractivity contribution < 1.29 is 9.90 Å². The topological polar surface area (TPSA) is 49.3 Å². The molecule has 0 aromatic heterocycles. The van der Waals surface area contributed by atoms with Gasteiger partial charge in [-0.1, -0.05) is 19.1 Å². The first kappa shape index (κ1) is 16.1. The monoisotopic (exact) mass is 281 g/mol. The molecule has 0 fully saturated rings. The first-order valence-electron chi connectivity index (χ1n) is 6.56. The first-order chi connectivity index (χ1) is 9.04. The molecular weight excluding hydrogens is 258 g/mol. The summed E-state index contributed by atoms with van der Waals surface area (Å²) >= 11 is 1.76. The van der Waals surface area contributed by atoms with Gasteiger partial charge in [-0.15, -0.1) is 0 Å². The van der Waals surface area contributed by atoms with Crippen LogP contribution >= 0.6 is 11.8 Å². The lowest BCUT2D eigenvalue weighted by atomic mass is 9.94. The maximum Gasteiger partial charge on any atom is 0.251 e. The van der Waals surface area contributed by atoms with Crippen molar-refractivity contribution in [3.63, 3.8) is 0 Å². The lowest BCUT2D eigenvalue weighted by Gasteiger charge is -2.29. The number of thioether (sulfide) groups is 1. The number of hydrogen-bond acceptors (Lipinski definition) is 3. The van der Waals surface area contributed by atoms with Gasteiger partial charge in [0.05, 0.1) is 0 Å². The number of nitrogens with one attached hydrogen (secondary N) is 1. The van der Waals surface area contributed by atoms with E-state index in [4.69, 9.17) is 5.11 Å². The van der Waals surface area contributed by atoms with Crippen LogP contribution in [0.2, 0.25) is 0 Å². The highest BCUT2D eigenvalue weighted by Crippen LogP contribution is 2.16. The molecule has 2 N–H and O–H groups in total. The van der Waals surface area contributed by atoms with E-state index >= 15 is 0 Å². The molecule has 4 heteroatoms. The number of carbonyl (C=O) groups is 1. The van der Waals surface area contributed by atoms with Crippen LogP contribution in [-0.2, 0) is 5.75 Å². The molecule has 0 saturated heterocycles. The van der Waals surface area contributed by atoms with Gasteiger partial charge in [-0.2, -0.15) is 11.8 Å². The van der Waals surface area contributed by atoms with Crippen LogP contribution in [0.25, 0.3) is 0 Å². The Morgan fingerprint density at radius 1 is 1.37 bits per heavy atom. The molecule has 0 saturated carbocycles. The van der Waals surface area contributed by atoms with Gasteiger partial charge in [0, 0.05) is 23.5 Å². The predicted molar refractivity (Wildman–Crippen MR) is 81.5 cm³/mol. The van der Waals surface area contributed by atoms with Crippen molar-refractivity contribution in [2.45, 2.75) is 38.0 Å². The van der Waals surface area contributed by atoms with Crippen LogP contribution in [-0.4, -0.2) is 29.4 Å². The summed E-state index contributed by atoms with van der Waals surface area (Å²) in [7, 11) is 0. The minimum absolute atomic E-state index is 0.0755. The zero-order valence-corrected chi connectivity index (χ0v) is 12.7. The summed E-state index contributed by atoms with van der Waals surface area (Å²) in [5.41, 5.74) is 1.55. The fourth-order valence-electron chi connectivity index (χ4n) is 1.84. The van der Waals surface area contributed by atoms with Gasteiger partial charge in [-0.3, -0.25) is 4.79 Å². The van der Waals surface area contributed by atoms with Crippen LogP contribution in [0.3, 0.4) is 0 Å². The molecule has 0 bridgehead atoms. The van der Waals surface area contributed by atoms with Crippen molar-refractivity contribution in [1.82, 2.24) is 5.32 Å². The fourth-order valence-corrected chi connectivity index (χ4v) is 2.37. The van der Waals surface area contributed by atoms with E-state index < -0.39 is 0 Å². The second-order valence-corrected chi connectivity index (χ2v) is 5.84. The molecule has 1 aromatic carbocycles. The average Bonchev–Trinajstić information content (AvgIpc) is 2.40. The van der Waals surface area contributed by atoms with Gasteiger partial charge < -0.3 is 10.4 Å². The molecule has 0 aliphatic carbocycles. The largest absolute Gasteiger partial charge is 0.396 e. The van der Waals surface area contributed by atoms with Crippen LogP contribution in [0.15, 0.2) is 24.3 Å². The Morgan fingerprint density at radius 2 is 2.00 bits per heavy atom. The number of aliphatic hydroxyl groups excluding tert-OH is 1. The van der Waals surface area contributed by atoms with Crippen molar-refractivity contribution in [1.29, 1.82) is 0 Å². The summed E-state index contributed by atoms with van der Waals surface area (Å²) in [5, 5.41) is 12.1. The molecule has 3 nitrogen and oxygen atoms in total. The molecule has 1 atom stereocenters. The highest BCUT2D eigenvalue weighted by atomic mass is 32.2. The van der Waals surface area contributed by atoms with Crippen molar-refractivity contribution in [2.24, 2.45) is 0 Å². The van der Waals surface area contributed by atoms with Gasteiger partial charge in [-0.25, -0.2) is 0 Å². The van der Waals surface area contributed by atoms with E-state index in [-0.39, 0.29) is 18.1 Å². The van der Waals surface area contributed by atoms with Crippen molar-refractivity contribution in [3.8, 4) is 0 Å². The van der Waals surface area contributed by atoms with Crippen LogP contribution in [0.1, 0.15) is 42.6 Å². The molecule has 0 radical (unpaired) electrons. The molecule has 0 spiro atoms. The van der Waals surface area contributed by atoms with Crippen molar-refractivity contribution >= 4 is 17.7 Å². The van der Waals surface area contributed by atoms with Crippen molar-refractivity contribution in [3.05, 3.63) is 35.4 Å². The van der Waals surface area contributed by atoms with Crippen LogP contribution in [0, 0.1) is 0 Å². The fraction of sp³-hybridized carbons (Fsp3) is 0.533. The number of hydrogen-bond donors (Lipinski definition) is 2. The van der Waals surface area contributed by atoms with Gasteiger partial charge in [0.2, 0.25) is 0 Å². The molecule has 0 aliphatic heterocycles. The SMILES string of the molecule is CCC(C)(CCO)NC(=O)c1ccc(CSC)cc1. The summed E-state index contributed by atoms with van der Waals surface area (Å²) in [6.07, 6.45) is 3.42. The van der Waals surface area contributed by atoms with Crippen LogP contribution < -0.4 is 5.32 Å². The Hall–Kier alpha value is -1.00. The minimum Gasteiger partial charge on any atom is -0.396 e. The quantitative estimate of drug-likeness (QED) is 0.808. The average molecular weight is 281 g/mol. The molecule has 1 rings (SSSR count). The number of carbonyl (C=O) groups excluding carboxylic acids is 1. The van der Waals surface area contributed by atoms with E-state index in [9.17, 15) is 4.79 Å². The number of rotatable bonds is 7.